The molecule has 1 aromatic heterocycles. The molecule has 0 radical (unpaired) electrons. The summed E-state index contributed by atoms with van der Waals surface area (Å²) in [4.78, 5) is 2.33. The SMILES string of the molecule is CCCn1nc(C)c(N)c1NN1CCN(C)CC1. The molecule has 0 aromatic carbocycles. The Bertz CT molecular complexity index is 392. The van der Waals surface area contributed by atoms with Gasteiger partial charge in [-0.3, -0.25) is 0 Å². The van der Waals surface area contributed by atoms with Crippen molar-refractivity contribution < 1.29 is 0 Å². The zero-order valence-electron chi connectivity index (χ0n) is 11.6. The lowest BCUT2D eigenvalue weighted by atomic mass is 10.3. The molecule has 1 saturated heterocycles. The number of hydrazine groups is 1. The van der Waals surface area contributed by atoms with Crippen molar-refractivity contribution in [1.29, 1.82) is 0 Å². The fourth-order valence-electron chi connectivity index (χ4n) is 2.15. The predicted octanol–water partition coefficient (Wildman–Crippen LogP) is 0.758. The summed E-state index contributed by atoms with van der Waals surface area (Å²) in [6.07, 6.45) is 1.05. The van der Waals surface area contributed by atoms with Crippen LogP contribution in [0.2, 0.25) is 0 Å². The maximum Gasteiger partial charge on any atom is 0.162 e. The second-order valence-corrected chi connectivity index (χ2v) is 4.97. The molecular weight excluding hydrogens is 228 g/mol. The number of hydrogen-bond donors (Lipinski definition) is 2. The van der Waals surface area contributed by atoms with Crippen LogP contribution in [0.1, 0.15) is 19.0 Å². The Morgan fingerprint density at radius 3 is 2.56 bits per heavy atom. The number of anilines is 2. The Morgan fingerprint density at radius 1 is 1.28 bits per heavy atom. The minimum atomic E-state index is 0.766. The van der Waals surface area contributed by atoms with Crippen LogP contribution >= 0.6 is 0 Å². The van der Waals surface area contributed by atoms with Gasteiger partial charge in [0.2, 0.25) is 0 Å². The molecule has 1 aromatic rings. The van der Waals surface area contributed by atoms with Crippen molar-refractivity contribution in [3.63, 3.8) is 0 Å². The fraction of sp³-hybridized carbons (Fsp3) is 0.750. The third-order valence-electron chi connectivity index (χ3n) is 3.38. The summed E-state index contributed by atoms with van der Waals surface area (Å²) in [6.45, 7) is 9.16. The van der Waals surface area contributed by atoms with Crippen LogP contribution in [-0.2, 0) is 6.54 Å². The number of nitrogen functional groups attached to an aromatic ring is 1. The number of aromatic nitrogens is 2. The van der Waals surface area contributed by atoms with Crippen LogP contribution in [0.4, 0.5) is 11.5 Å². The van der Waals surface area contributed by atoms with E-state index in [0.717, 1.165) is 56.3 Å². The second kappa shape index (κ2) is 5.58. The van der Waals surface area contributed by atoms with Crippen LogP contribution in [-0.4, -0.2) is 52.9 Å². The lowest BCUT2D eigenvalue weighted by Gasteiger charge is -2.33. The van der Waals surface area contributed by atoms with Gasteiger partial charge in [-0.05, 0) is 20.4 Å². The zero-order valence-corrected chi connectivity index (χ0v) is 11.6. The molecule has 18 heavy (non-hydrogen) atoms. The standard InChI is InChI=1S/C12H24N6/c1-4-5-18-12(11(13)10(2)14-18)15-17-8-6-16(3)7-9-17/h15H,4-9,13H2,1-3H3. The quantitative estimate of drug-likeness (QED) is 0.828. The van der Waals surface area contributed by atoms with Gasteiger partial charge in [0, 0.05) is 32.7 Å². The van der Waals surface area contributed by atoms with Crippen LogP contribution in [0.25, 0.3) is 0 Å². The molecule has 0 amide bonds. The van der Waals surface area contributed by atoms with E-state index in [2.05, 4.69) is 34.4 Å². The summed E-state index contributed by atoms with van der Waals surface area (Å²) in [5, 5.41) is 6.69. The van der Waals surface area contributed by atoms with E-state index in [4.69, 9.17) is 5.73 Å². The van der Waals surface area contributed by atoms with E-state index in [0.29, 0.717) is 0 Å². The molecule has 0 bridgehead atoms. The van der Waals surface area contributed by atoms with Crippen LogP contribution in [0.5, 0.6) is 0 Å². The van der Waals surface area contributed by atoms with Gasteiger partial charge in [-0.1, -0.05) is 6.92 Å². The van der Waals surface area contributed by atoms with Crippen molar-refractivity contribution in [2.45, 2.75) is 26.8 Å². The number of likely N-dealkylation sites (N-methyl/N-ethyl adjacent to an activating group) is 1. The third kappa shape index (κ3) is 2.76. The van der Waals surface area contributed by atoms with Crippen LogP contribution in [0, 0.1) is 6.92 Å². The van der Waals surface area contributed by atoms with Crippen molar-refractivity contribution in [2.24, 2.45) is 0 Å². The topological polar surface area (TPSA) is 62.4 Å². The highest BCUT2D eigenvalue weighted by molar-refractivity contribution is 5.64. The molecule has 1 aliphatic rings. The summed E-state index contributed by atoms with van der Waals surface area (Å²) in [5.74, 6) is 0.943. The average Bonchev–Trinajstić information content (AvgIpc) is 2.60. The van der Waals surface area contributed by atoms with Crippen molar-refractivity contribution in [3.05, 3.63) is 5.69 Å². The van der Waals surface area contributed by atoms with E-state index in [9.17, 15) is 0 Å². The smallest absolute Gasteiger partial charge is 0.162 e. The molecule has 1 aliphatic heterocycles. The Labute approximate surface area is 109 Å². The van der Waals surface area contributed by atoms with Gasteiger partial charge in [0.25, 0.3) is 0 Å². The normalized spacial score (nSPS) is 18.2. The minimum Gasteiger partial charge on any atom is -0.394 e. The number of hydrogen-bond acceptors (Lipinski definition) is 5. The largest absolute Gasteiger partial charge is 0.394 e. The number of nitrogens with two attached hydrogens (primary N) is 1. The van der Waals surface area contributed by atoms with Gasteiger partial charge in [0.1, 0.15) is 0 Å². The molecule has 2 heterocycles. The van der Waals surface area contributed by atoms with E-state index < -0.39 is 0 Å². The van der Waals surface area contributed by atoms with E-state index in [-0.39, 0.29) is 0 Å². The molecule has 1 fully saturated rings. The molecule has 6 nitrogen and oxygen atoms in total. The van der Waals surface area contributed by atoms with Gasteiger partial charge in [0.05, 0.1) is 11.4 Å². The molecule has 3 N–H and O–H groups in total. The van der Waals surface area contributed by atoms with E-state index in [1.54, 1.807) is 0 Å². The third-order valence-corrected chi connectivity index (χ3v) is 3.38. The number of piperazine rings is 1. The van der Waals surface area contributed by atoms with Crippen molar-refractivity contribution in [1.82, 2.24) is 19.7 Å². The molecule has 0 saturated carbocycles. The highest BCUT2D eigenvalue weighted by Crippen LogP contribution is 2.23. The second-order valence-electron chi connectivity index (χ2n) is 4.97. The van der Waals surface area contributed by atoms with Crippen LogP contribution in [0.15, 0.2) is 0 Å². The summed E-state index contributed by atoms with van der Waals surface area (Å²) in [5.41, 5.74) is 11.2. The molecule has 0 unspecified atom stereocenters. The number of rotatable bonds is 4. The Hall–Kier alpha value is -1.27. The van der Waals surface area contributed by atoms with Gasteiger partial charge in [0.15, 0.2) is 5.82 Å². The van der Waals surface area contributed by atoms with Crippen molar-refractivity contribution >= 4 is 11.5 Å². The summed E-state index contributed by atoms with van der Waals surface area (Å²) in [7, 11) is 2.15. The summed E-state index contributed by atoms with van der Waals surface area (Å²) in [6, 6.07) is 0. The minimum absolute atomic E-state index is 0.766. The first kappa shape index (κ1) is 13.2. The molecular formula is C12H24N6. The van der Waals surface area contributed by atoms with Gasteiger partial charge in [-0.2, -0.15) is 5.10 Å². The molecule has 0 atom stereocenters. The Balaban J connectivity index is 2.07. The molecule has 6 heteroatoms. The number of nitrogens with one attached hydrogen (secondary N) is 1. The average molecular weight is 252 g/mol. The maximum absolute atomic E-state index is 6.10. The lowest BCUT2D eigenvalue weighted by molar-refractivity contribution is 0.178. The van der Waals surface area contributed by atoms with E-state index in [1.165, 1.54) is 0 Å². The first-order chi connectivity index (χ1) is 8.61. The fourth-order valence-corrected chi connectivity index (χ4v) is 2.15. The van der Waals surface area contributed by atoms with E-state index in [1.807, 2.05) is 11.6 Å². The lowest BCUT2D eigenvalue weighted by Crippen LogP contribution is -2.47. The number of nitrogens with zero attached hydrogens (tertiary/aromatic N) is 4. The molecule has 0 aliphatic carbocycles. The highest BCUT2D eigenvalue weighted by Gasteiger charge is 2.18. The van der Waals surface area contributed by atoms with Crippen molar-refractivity contribution in [3.8, 4) is 0 Å². The summed E-state index contributed by atoms with van der Waals surface area (Å²) < 4.78 is 1.98. The van der Waals surface area contributed by atoms with E-state index >= 15 is 0 Å². The molecule has 0 spiro atoms. The van der Waals surface area contributed by atoms with Gasteiger partial charge in [-0.15, -0.1) is 0 Å². The Kier molecular flexibility index (Phi) is 4.08. The predicted molar refractivity (Wildman–Crippen MR) is 74.4 cm³/mol. The van der Waals surface area contributed by atoms with Crippen LogP contribution in [0.3, 0.4) is 0 Å². The monoisotopic (exact) mass is 252 g/mol. The maximum atomic E-state index is 6.10. The van der Waals surface area contributed by atoms with Crippen molar-refractivity contribution in [2.75, 3.05) is 44.4 Å². The molecule has 2 rings (SSSR count). The Morgan fingerprint density at radius 2 is 1.94 bits per heavy atom. The molecule has 102 valence electrons. The van der Waals surface area contributed by atoms with Gasteiger partial charge < -0.3 is 16.1 Å². The number of aryl methyl sites for hydroxylation is 2. The van der Waals surface area contributed by atoms with Gasteiger partial charge >= 0.3 is 0 Å². The summed E-state index contributed by atoms with van der Waals surface area (Å²) >= 11 is 0. The first-order valence-corrected chi connectivity index (χ1v) is 6.64. The van der Waals surface area contributed by atoms with Crippen LogP contribution < -0.4 is 11.2 Å². The highest BCUT2D eigenvalue weighted by atomic mass is 15.6. The van der Waals surface area contributed by atoms with Gasteiger partial charge in [-0.25, -0.2) is 9.69 Å². The zero-order chi connectivity index (χ0) is 13.1. The first-order valence-electron chi connectivity index (χ1n) is 6.64.